The molecular weight excluding hydrogens is 458 g/mol. The molecule has 0 atom stereocenters. The minimum atomic E-state index is 0. The summed E-state index contributed by atoms with van der Waals surface area (Å²) in [4.78, 5) is 0. The first-order chi connectivity index (χ1) is 7.86. The van der Waals surface area contributed by atoms with Crippen molar-refractivity contribution in [2.75, 3.05) is 0 Å². The fourth-order valence-corrected chi connectivity index (χ4v) is 1.07. The van der Waals surface area contributed by atoms with Crippen LogP contribution in [0.3, 0.4) is 0 Å². The van der Waals surface area contributed by atoms with E-state index in [2.05, 4.69) is 25.3 Å². The van der Waals surface area contributed by atoms with E-state index in [4.69, 9.17) is 0 Å². The maximum Gasteiger partial charge on any atom is 4.00 e. The molecular formula is C16H14Cl2Pt. The summed E-state index contributed by atoms with van der Waals surface area (Å²) < 4.78 is 0. The molecule has 0 heterocycles. The molecule has 0 radical (unpaired) electrons. The van der Waals surface area contributed by atoms with Gasteiger partial charge < -0.3 is 24.8 Å². The summed E-state index contributed by atoms with van der Waals surface area (Å²) in [5, 5.41) is 0. The van der Waals surface area contributed by atoms with Gasteiger partial charge in [0, 0.05) is 0 Å². The molecule has 0 aliphatic carbocycles. The van der Waals surface area contributed by atoms with Crippen LogP contribution in [0, 0.1) is 12.1 Å². The zero-order chi connectivity index (χ0) is 11.6. The predicted octanol–water partition coefficient (Wildman–Crippen LogP) is -1.73. The molecule has 0 N–H and O–H groups in total. The van der Waals surface area contributed by atoms with Crippen LogP contribution in [0.5, 0.6) is 0 Å². The van der Waals surface area contributed by atoms with Crippen LogP contribution in [-0.2, 0) is 21.1 Å². The molecule has 2 aromatic rings. The van der Waals surface area contributed by atoms with E-state index in [1.165, 1.54) is 0 Å². The zero-order valence-corrected chi connectivity index (χ0v) is 14.0. The summed E-state index contributed by atoms with van der Waals surface area (Å²) in [6.07, 6.45) is 3.56. The van der Waals surface area contributed by atoms with Crippen molar-refractivity contribution in [3.8, 4) is 0 Å². The Bertz CT molecular complexity index is 384. The van der Waals surface area contributed by atoms with Gasteiger partial charge in [-0.3, -0.25) is 0 Å². The Balaban J connectivity index is -0.000000233. The van der Waals surface area contributed by atoms with E-state index in [1.807, 2.05) is 48.5 Å². The number of hydrogen-bond donors (Lipinski definition) is 0. The molecule has 0 nitrogen and oxygen atoms in total. The Kier molecular flexibility index (Phi) is 18.7. The van der Waals surface area contributed by atoms with Gasteiger partial charge in [0.2, 0.25) is 0 Å². The smallest absolute Gasteiger partial charge is 1.00 e. The quantitative estimate of drug-likeness (QED) is 0.456. The molecule has 19 heavy (non-hydrogen) atoms. The average Bonchev–Trinajstić information content (AvgIpc) is 2.41. The van der Waals surface area contributed by atoms with Crippen LogP contribution < -0.4 is 24.8 Å². The van der Waals surface area contributed by atoms with Gasteiger partial charge in [-0.2, -0.15) is 11.1 Å². The van der Waals surface area contributed by atoms with E-state index in [0.29, 0.717) is 0 Å². The molecule has 0 amide bonds. The van der Waals surface area contributed by atoms with E-state index in [-0.39, 0.29) is 45.9 Å². The van der Waals surface area contributed by atoms with E-state index in [0.717, 1.165) is 11.1 Å². The molecule has 0 aliphatic rings. The molecule has 0 saturated carbocycles. The number of halogens is 2. The molecule has 0 saturated heterocycles. The monoisotopic (exact) mass is 471 g/mol. The number of benzene rings is 2. The third kappa shape index (κ3) is 10.8. The van der Waals surface area contributed by atoms with Gasteiger partial charge in [-0.1, -0.05) is 0 Å². The molecule has 0 spiro atoms. The van der Waals surface area contributed by atoms with Crippen molar-refractivity contribution in [3.63, 3.8) is 0 Å². The van der Waals surface area contributed by atoms with Crippen molar-refractivity contribution in [2.24, 2.45) is 0 Å². The van der Waals surface area contributed by atoms with E-state index >= 15 is 0 Å². The SMILES string of the molecule is C=Cc1[c-]cccc1.C=Cc1[c-]cccc1.[Cl-].[Cl-].[Pt+4]. The van der Waals surface area contributed by atoms with Gasteiger partial charge >= 0.3 is 21.1 Å². The van der Waals surface area contributed by atoms with Gasteiger partial charge in [-0.15, -0.1) is 86.0 Å². The van der Waals surface area contributed by atoms with Gasteiger partial charge in [0.05, 0.1) is 0 Å². The van der Waals surface area contributed by atoms with Crippen molar-refractivity contribution >= 4 is 12.2 Å². The Labute approximate surface area is 142 Å². The predicted molar refractivity (Wildman–Crippen MR) is 70.7 cm³/mol. The molecule has 2 rings (SSSR count). The van der Waals surface area contributed by atoms with Crippen LogP contribution in [0.15, 0.2) is 61.7 Å². The first-order valence-electron chi connectivity index (χ1n) is 5.05. The maximum atomic E-state index is 3.60. The Morgan fingerprint density at radius 2 is 1.11 bits per heavy atom. The van der Waals surface area contributed by atoms with Crippen molar-refractivity contribution in [2.45, 2.75) is 0 Å². The fourth-order valence-electron chi connectivity index (χ4n) is 1.07. The second-order valence-electron chi connectivity index (χ2n) is 3.04. The van der Waals surface area contributed by atoms with Crippen LogP contribution in [0.1, 0.15) is 11.1 Å². The Morgan fingerprint density at radius 1 is 0.737 bits per heavy atom. The molecule has 0 unspecified atom stereocenters. The number of hydrogen-bond acceptors (Lipinski definition) is 0. The van der Waals surface area contributed by atoms with Gasteiger partial charge in [-0.05, 0) is 0 Å². The van der Waals surface area contributed by atoms with Crippen LogP contribution >= 0.6 is 0 Å². The summed E-state index contributed by atoms with van der Waals surface area (Å²) in [6.45, 7) is 7.20. The second-order valence-corrected chi connectivity index (χ2v) is 3.04. The summed E-state index contributed by atoms with van der Waals surface area (Å²) in [6, 6.07) is 21.5. The van der Waals surface area contributed by atoms with Crippen molar-refractivity contribution in [3.05, 3.63) is 84.9 Å². The van der Waals surface area contributed by atoms with Crippen LogP contribution in [0.4, 0.5) is 0 Å². The first kappa shape index (κ1) is 23.3. The van der Waals surface area contributed by atoms with E-state index in [1.54, 1.807) is 12.2 Å². The van der Waals surface area contributed by atoms with Crippen molar-refractivity contribution in [1.29, 1.82) is 0 Å². The molecule has 2 aromatic carbocycles. The molecule has 0 aliphatic heterocycles. The summed E-state index contributed by atoms with van der Waals surface area (Å²) in [5.41, 5.74) is 2.10. The Hall–Kier alpha value is -0.812. The fraction of sp³-hybridized carbons (Fsp3) is 0. The Morgan fingerprint density at radius 3 is 1.26 bits per heavy atom. The molecule has 0 bridgehead atoms. The standard InChI is InChI=1S/2C8H7.2ClH.Pt/c2*1-2-8-6-4-3-5-7-8;;;/h2*2-6H,1H2;2*1H;/q2*-1;;;+4/p-2. The van der Waals surface area contributed by atoms with Gasteiger partial charge in [-0.25, -0.2) is 0 Å². The maximum absolute atomic E-state index is 3.60. The van der Waals surface area contributed by atoms with Crippen molar-refractivity contribution in [1.82, 2.24) is 0 Å². The van der Waals surface area contributed by atoms with Gasteiger partial charge in [0.15, 0.2) is 0 Å². The molecule has 3 heteroatoms. The van der Waals surface area contributed by atoms with Gasteiger partial charge in [0.25, 0.3) is 0 Å². The summed E-state index contributed by atoms with van der Waals surface area (Å²) in [5.74, 6) is 0. The first-order valence-corrected chi connectivity index (χ1v) is 5.05. The van der Waals surface area contributed by atoms with E-state index < -0.39 is 0 Å². The molecule has 0 aromatic heterocycles. The summed E-state index contributed by atoms with van der Waals surface area (Å²) >= 11 is 0. The third-order valence-electron chi connectivity index (χ3n) is 1.91. The molecule has 102 valence electrons. The van der Waals surface area contributed by atoms with Crippen LogP contribution in [0.25, 0.3) is 12.2 Å². The second kappa shape index (κ2) is 15.2. The topological polar surface area (TPSA) is 0 Å². The normalized spacial score (nSPS) is 7.16. The minimum absolute atomic E-state index is 0. The number of rotatable bonds is 2. The average molecular weight is 472 g/mol. The third-order valence-corrected chi connectivity index (χ3v) is 1.91. The minimum Gasteiger partial charge on any atom is -1.00 e. The van der Waals surface area contributed by atoms with E-state index in [9.17, 15) is 0 Å². The van der Waals surface area contributed by atoms with Crippen molar-refractivity contribution < 1.29 is 45.9 Å². The summed E-state index contributed by atoms with van der Waals surface area (Å²) in [7, 11) is 0. The zero-order valence-electron chi connectivity index (χ0n) is 10.3. The van der Waals surface area contributed by atoms with Crippen LogP contribution in [0.2, 0.25) is 0 Å². The largest absolute Gasteiger partial charge is 4.00 e. The van der Waals surface area contributed by atoms with Gasteiger partial charge in [0.1, 0.15) is 0 Å². The van der Waals surface area contributed by atoms with Crippen LogP contribution in [-0.4, -0.2) is 0 Å². The molecule has 0 fully saturated rings.